The highest BCUT2D eigenvalue weighted by Crippen LogP contribution is 2.63. The molecule has 0 heterocycles. The van der Waals surface area contributed by atoms with Gasteiger partial charge in [-0.25, -0.2) is 0 Å². The highest BCUT2D eigenvalue weighted by molar-refractivity contribution is 6.30. The summed E-state index contributed by atoms with van der Waals surface area (Å²) < 4.78 is 78.1. The molecular formula is C9H3ClF6. The van der Waals surface area contributed by atoms with Gasteiger partial charge in [-0.3, -0.25) is 0 Å². The predicted octanol–water partition coefficient (Wildman–Crippen LogP) is 4.17. The lowest BCUT2D eigenvalue weighted by molar-refractivity contribution is -0.302. The van der Waals surface area contributed by atoms with Crippen LogP contribution in [0.2, 0.25) is 5.02 Å². The molecule has 1 aliphatic rings. The van der Waals surface area contributed by atoms with Crippen LogP contribution in [0.15, 0.2) is 18.2 Å². The summed E-state index contributed by atoms with van der Waals surface area (Å²) in [5.74, 6) is -15.2. The van der Waals surface area contributed by atoms with Crippen molar-refractivity contribution in [1.82, 2.24) is 0 Å². The number of fused-ring (bicyclic) bond motifs is 1. The summed E-state index contributed by atoms with van der Waals surface area (Å²) in [6.07, 6.45) is 0. The van der Waals surface area contributed by atoms with Crippen LogP contribution in [0.1, 0.15) is 11.1 Å². The van der Waals surface area contributed by atoms with E-state index in [4.69, 9.17) is 11.6 Å². The van der Waals surface area contributed by atoms with Crippen LogP contribution >= 0.6 is 11.6 Å². The van der Waals surface area contributed by atoms with Gasteiger partial charge in [-0.15, -0.1) is 0 Å². The summed E-state index contributed by atoms with van der Waals surface area (Å²) in [7, 11) is 0. The Hall–Kier alpha value is -0.910. The third-order valence-electron chi connectivity index (χ3n) is 2.45. The van der Waals surface area contributed by atoms with Gasteiger partial charge in [-0.1, -0.05) is 17.7 Å². The molecular weight excluding hydrogens is 258 g/mol. The van der Waals surface area contributed by atoms with Gasteiger partial charge in [0.25, 0.3) is 0 Å². The third kappa shape index (κ3) is 1.08. The van der Waals surface area contributed by atoms with Gasteiger partial charge in [-0.05, 0) is 12.1 Å². The number of halogens is 7. The zero-order valence-corrected chi connectivity index (χ0v) is 8.13. The van der Waals surface area contributed by atoms with Crippen molar-refractivity contribution in [3.8, 4) is 0 Å². The smallest absolute Gasteiger partial charge is 0.194 e. The van der Waals surface area contributed by atoms with Crippen molar-refractivity contribution in [3.63, 3.8) is 0 Å². The maximum atomic E-state index is 13.1. The zero-order chi connectivity index (χ0) is 12.4. The lowest BCUT2D eigenvalue weighted by atomic mass is 10.1. The second-order valence-electron chi connectivity index (χ2n) is 3.41. The molecule has 0 aromatic heterocycles. The summed E-state index contributed by atoms with van der Waals surface area (Å²) in [4.78, 5) is 0. The summed E-state index contributed by atoms with van der Waals surface area (Å²) in [5, 5.41) is -0.299. The minimum Gasteiger partial charge on any atom is -0.194 e. The maximum absolute atomic E-state index is 13.1. The summed E-state index contributed by atoms with van der Waals surface area (Å²) in [6, 6.07) is 1.80. The van der Waals surface area contributed by atoms with Gasteiger partial charge in [0.15, 0.2) is 0 Å². The van der Waals surface area contributed by atoms with Crippen LogP contribution in [-0.4, -0.2) is 5.92 Å². The fourth-order valence-electron chi connectivity index (χ4n) is 1.59. The van der Waals surface area contributed by atoms with Crippen LogP contribution in [0.3, 0.4) is 0 Å². The lowest BCUT2D eigenvalue weighted by Crippen LogP contribution is -2.43. The molecule has 1 aliphatic carbocycles. The average Bonchev–Trinajstić information content (AvgIpc) is 2.24. The van der Waals surface area contributed by atoms with Crippen LogP contribution in [0.4, 0.5) is 26.3 Å². The van der Waals surface area contributed by atoms with Crippen molar-refractivity contribution in [3.05, 3.63) is 34.3 Å². The third-order valence-corrected chi connectivity index (χ3v) is 2.68. The first-order chi connectivity index (χ1) is 7.12. The largest absolute Gasteiger partial charge is 0.380 e. The van der Waals surface area contributed by atoms with Crippen LogP contribution in [0, 0.1) is 0 Å². The molecule has 7 heteroatoms. The minimum atomic E-state index is -5.44. The van der Waals surface area contributed by atoms with E-state index in [2.05, 4.69) is 0 Å². The van der Waals surface area contributed by atoms with E-state index in [9.17, 15) is 26.3 Å². The van der Waals surface area contributed by atoms with Crippen LogP contribution in [0.25, 0.3) is 0 Å². The predicted molar refractivity (Wildman–Crippen MR) is 44.2 cm³/mol. The minimum absolute atomic E-state index is 0.299. The van der Waals surface area contributed by atoms with Crippen molar-refractivity contribution in [2.24, 2.45) is 0 Å². The highest BCUT2D eigenvalue weighted by atomic mass is 35.5. The summed E-state index contributed by atoms with van der Waals surface area (Å²) in [5.41, 5.74) is -2.80. The molecule has 0 unspecified atom stereocenters. The van der Waals surface area contributed by atoms with E-state index in [-0.39, 0.29) is 5.02 Å². The first-order valence-corrected chi connectivity index (χ1v) is 4.44. The van der Waals surface area contributed by atoms with E-state index < -0.39 is 28.9 Å². The molecule has 0 aliphatic heterocycles. The molecule has 16 heavy (non-hydrogen) atoms. The van der Waals surface area contributed by atoms with E-state index in [1.807, 2.05) is 0 Å². The molecule has 1 aromatic carbocycles. The first-order valence-electron chi connectivity index (χ1n) is 4.06. The van der Waals surface area contributed by atoms with Crippen molar-refractivity contribution < 1.29 is 26.3 Å². The van der Waals surface area contributed by atoms with Gasteiger partial charge in [-0.2, -0.15) is 26.3 Å². The van der Waals surface area contributed by atoms with E-state index >= 15 is 0 Å². The monoisotopic (exact) mass is 260 g/mol. The van der Waals surface area contributed by atoms with Crippen molar-refractivity contribution in [2.75, 3.05) is 0 Å². The fourth-order valence-corrected chi connectivity index (χ4v) is 1.76. The Balaban J connectivity index is 2.79. The molecule has 0 radical (unpaired) electrons. The zero-order valence-electron chi connectivity index (χ0n) is 7.38. The quantitative estimate of drug-likeness (QED) is 0.614. The van der Waals surface area contributed by atoms with Gasteiger partial charge in [0, 0.05) is 16.1 Å². The van der Waals surface area contributed by atoms with Crippen molar-refractivity contribution in [1.29, 1.82) is 0 Å². The second-order valence-corrected chi connectivity index (χ2v) is 3.85. The summed E-state index contributed by atoms with van der Waals surface area (Å²) in [6.45, 7) is 0. The van der Waals surface area contributed by atoms with Gasteiger partial charge in [0.05, 0.1) is 0 Å². The van der Waals surface area contributed by atoms with Gasteiger partial charge >= 0.3 is 17.8 Å². The Labute approximate surface area is 90.8 Å². The standard InChI is InChI=1S/C9H3ClF6/c10-4-1-2-5-6(3-4)8(13,14)9(15,16)7(5,11)12/h1-3H. The highest BCUT2D eigenvalue weighted by Gasteiger charge is 2.79. The molecule has 0 nitrogen and oxygen atoms in total. The van der Waals surface area contributed by atoms with Gasteiger partial charge in [0.1, 0.15) is 0 Å². The number of hydrogen-bond acceptors (Lipinski definition) is 0. The van der Waals surface area contributed by atoms with Crippen LogP contribution in [-0.2, 0) is 11.8 Å². The van der Waals surface area contributed by atoms with Crippen LogP contribution < -0.4 is 0 Å². The second kappa shape index (κ2) is 2.85. The number of rotatable bonds is 0. The van der Waals surface area contributed by atoms with E-state index in [1.54, 1.807) is 0 Å². The molecule has 0 atom stereocenters. The Morgan fingerprint density at radius 3 is 1.88 bits per heavy atom. The molecule has 0 spiro atoms. The molecule has 2 rings (SSSR count). The van der Waals surface area contributed by atoms with E-state index in [1.165, 1.54) is 0 Å². The Kier molecular flexibility index (Phi) is 2.06. The Morgan fingerprint density at radius 2 is 1.31 bits per heavy atom. The molecule has 0 saturated carbocycles. The summed E-state index contributed by atoms with van der Waals surface area (Å²) >= 11 is 5.31. The lowest BCUT2D eigenvalue weighted by Gasteiger charge is -2.23. The maximum Gasteiger partial charge on any atom is 0.380 e. The SMILES string of the molecule is FC1(F)c2ccc(Cl)cc2C(F)(F)C1(F)F. The molecule has 0 saturated heterocycles. The first kappa shape index (κ1) is 11.6. The molecule has 0 fully saturated rings. The molecule has 88 valence electrons. The fraction of sp³-hybridized carbons (Fsp3) is 0.333. The van der Waals surface area contributed by atoms with Crippen LogP contribution in [0.5, 0.6) is 0 Å². The number of benzene rings is 1. The van der Waals surface area contributed by atoms with E-state index in [0.717, 1.165) is 6.07 Å². The molecule has 0 bridgehead atoms. The van der Waals surface area contributed by atoms with Gasteiger partial charge in [0.2, 0.25) is 0 Å². The van der Waals surface area contributed by atoms with E-state index in [0.29, 0.717) is 12.1 Å². The number of hydrogen-bond donors (Lipinski definition) is 0. The average molecular weight is 261 g/mol. The molecule has 0 amide bonds. The molecule has 1 aromatic rings. The van der Waals surface area contributed by atoms with Gasteiger partial charge < -0.3 is 0 Å². The van der Waals surface area contributed by atoms with Crippen molar-refractivity contribution in [2.45, 2.75) is 17.8 Å². The Morgan fingerprint density at radius 1 is 0.812 bits per heavy atom. The van der Waals surface area contributed by atoms with Crippen molar-refractivity contribution >= 4 is 11.6 Å². The normalized spacial score (nSPS) is 24.2. The molecule has 0 N–H and O–H groups in total. The topological polar surface area (TPSA) is 0 Å². The Bertz CT molecular complexity index is 453. The number of alkyl halides is 6.